The third-order valence-corrected chi connectivity index (χ3v) is 11.3. The van der Waals surface area contributed by atoms with E-state index < -0.39 is 0 Å². The van der Waals surface area contributed by atoms with Crippen molar-refractivity contribution in [3.05, 3.63) is 119 Å². The molecule has 2 saturated heterocycles. The predicted octanol–water partition coefficient (Wildman–Crippen LogP) is 6.62. The number of rotatable bonds is 11. The molecule has 0 bridgehead atoms. The summed E-state index contributed by atoms with van der Waals surface area (Å²) in [4.78, 5) is 47.8. The topological polar surface area (TPSA) is 160 Å². The second-order valence-electron chi connectivity index (χ2n) is 16.5. The minimum Gasteiger partial charge on any atom is -0.374 e. The molecule has 298 valence electrons. The number of piperidine rings is 2. The number of aryl methyl sites for hydroxylation is 1. The molecule has 2 aliphatic heterocycles. The van der Waals surface area contributed by atoms with E-state index in [0.29, 0.717) is 31.2 Å². The molecule has 2 aliphatic rings. The number of hydrogen-bond donors (Lipinski definition) is 3. The van der Waals surface area contributed by atoms with Crippen LogP contribution in [0.25, 0.3) is 27.9 Å². The highest BCUT2D eigenvalue weighted by Gasteiger charge is 2.27. The number of amides is 3. The molecule has 5 heterocycles. The van der Waals surface area contributed by atoms with Crippen LogP contribution in [0.4, 0.5) is 5.69 Å². The Balaban J connectivity index is 0.835. The third kappa shape index (κ3) is 8.69. The van der Waals surface area contributed by atoms with E-state index in [1.54, 1.807) is 6.33 Å². The molecule has 2 fully saturated rings. The number of carbonyl (C=O) groups is 3. The van der Waals surface area contributed by atoms with Gasteiger partial charge in [0.1, 0.15) is 12.4 Å². The average Bonchev–Trinajstić information content (AvgIpc) is 3.91. The van der Waals surface area contributed by atoms with Gasteiger partial charge in [0, 0.05) is 47.9 Å². The number of carbonyl (C=O) groups excluding carboxylic acids is 3. The summed E-state index contributed by atoms with van der Waals surface area (Å²) < 4.78 is 7.15. The van der Waals surface area contributed by atoms with Crippen molar-refractivity contribution in [2.45, 2.75) is 83.7 Å². The predicted molar refractivity (Wildman–Crippen MR) is 221 cm³/mol. The van der Waals surface area contributed by atoms with Crippen LogP contribution in [0.3, 0.4) is 0 Å². The van der Waals surface area contributed by atoms with Crippen molar-refractivity contribution in [1.29, 1.82) is 0 Å². The maximum absolute atomic E-state index is 12.7. The van der Waals surface area contributed by atoms with Gasteiger partial charge in [-0.1, -0.05) is 74.5 Å². The first-order valence-electron chi connectivity index (χ1n) is 20.0. The monoisotopic (exact) mass is 779 g/mol. The zero-order chi connectivity index (χ0) is 40.4. The average molecular weight is 780 g/mol. The first-order chi connectivity index (χ1) is 28.0. The van der Waals surface area contributed by atoms with Gasteiger partial charge in [-0.05, 0) is 104 Å². The summed E-state index contributed by atoms with van der Waals surface area (Å²) in [6.45, 7) is 11.4. The second kappa shape index (κ2) is 16.3. The van der Waals surface area contributed by atoms with Crippen LogP contribution in [-0.4, -0.2) is 73.0 Å². The Kier molecular flexibility index (Phi) is 10.9. The van der Waals surface area contributed by atoms with Crippen LogP contribution in [0.2, 0.25) is 0 Å². The minimum atomic E-state index is -0.380. The summed E-state index contributed by atoms with van der Waals surface area (Å²) in [6, 6.07) is 25.2. The van der Waals surface area contributed by atoms with Crippen LogP contribution in [0.15, 0.2) is 89.8 Å². The Bertz CT molecular complexity index is 2440. The van der Waals surface area contributed by atoms with Crippen LogP contribution in [0, 0.1) is 6.92 Å². The SMILES string of the molecule is Cc1cc(-c2ncnn3cc(-c4ccc(CCN5CCC(c6ccc(N[C@H]7CCC(=O)NC7=O)cc6)CC5)cc4)cc23)ccc1CNC(=O)c1noc(C(C)(C)C)n1. The highest BCUT2D eigenvalue weighted by atomic mass is 16.5. The Morgan fingerprint density at radius 2 is 1.69 bits per heavy atom. The van der Waals surface area contributed by atoms with Crippen molar-refractivity contribution in [2.24, 2.45) is 0 Å². The van der Waals surface area contributed by atoms with Crippen molar-refractivity contribution >= 4 is 28.9 Å². The fourth-order valence-corrected chi connectivity index (χ4v) is 7.75. The fraction of sp³-hybridized carbons (Fsp3) is 0.356. The van der Waals surface area contributed by atoms with Crippen molar-refractivity contribution in [3.63, 3.8) is 0 Å². The van der Waals surface area contributed by atoms with Gasteiger partial charge in [0.15, 0.2) is 0 Å². The van der Waals surface area contributed by atoms with Gasteiger partial charge in [-0.2, -0.15) is 10.1 Å². The maximum atomic E-state index is 12.7. The summed E-state index contributed by atoms with van der Waals surface area (Å²) in [5, 5.41) is 16.9. The van der Waals surface area contributed by atoms with Crippen LogP contribution in [0.5, 0.6) is 0 Å². The highest BCUT2D eigenvalue weighted by Crippen LogP contribution is 2.31. The van der Waals surface area contributed by atoms with Crippen molar-refractivity contribution < 1.29 is 18.9 Å². The van der Waals surface area contributed by atoms with Crippen LogP contribution < -0.4 is 16.0 Å². The highest BCUT2D eigenvalue weighted by molar-refractivity contribution is 6.01. The molecule has 1 atom stereocenters. The lowest BCUT2D eigenvalue weighted by Gasteiger charge is -2.32. The number of aromatic nitrogens is 5. The second-order valence-corrected chi connectivity index (χ2v) is 16.5. The number of hydrogen-bond acceptors (Lipinski definition) is 10. The lowest BCUT2D eigenvalue weighted by atomic mass is 9.89. The molecule has 3 aromatic carbocycles. The number of benzene rings is 3. The molecular weight excluding hydrogens is 731 g/mol. The number of anilines is 1. The van der Waals surface area contributed by atoms with Crippen LogP contribution in [0.1, 0.15) is 91.1 Å². The smallest absolute Gasteiger partial charge is 0.292 e. The van der Waals surface area contributed by atoms with Crippen molar-refractivity contribution in [3.8, 4) is 22.4 Å². The molecule has 0 unspecified atom stereocenters. The van der Waals surface area contributed by atoms with E-state index in [-0.39, 0.29) is 35.0 Å². The van der Waals surface area contributed by atoms with Gasteiger partial charge in [0.25, 0.3) is 11.7 Å². The molecule has 3 amide bonds. The molecule has 0 saturated carbocycles. The molecule has 3 aromatic heterocycles. The van der Waals surface area contributed by atoms with E-state index >= 15 is 0 Å². The van der Waals surface area contributed by atoms with E-state index in [1.807, 2.05) is 62.7 Å². The lowest BCUT2D eigenvalue weighted by Crippen LogP contribution is -2.47. The first-order valence-corrected chi connectivity index (χ1v) is 20.0. The summed E-state index contributed by atoms with van der Waals surface area (Å²) >= 11 is 0. The number of nitrogens with one attached hydrogen (secondary N) is 3. The van der Waals surface area contributed by atoms with E-state index in [2.05, 4.69) is 89.6 Å². The summed E-state index contributed by atoms with van der Waals surface area (Å²) in [6.07, 6.45) is 7.74. The number of fused-ring (bicyclic) bond motifs is 1. The Hall–Kier alpha value is -6.21. The Morgan fingerprint density at radius 3 is 2.40 bits per heavy atom. The molecule has 58 heavy (non-hydrogen) atoms. The molecule has 0 spiro atoms. The molecule has 0 aliphatic carbocycles. The van der Waals surface area contributed by atoms with E-state index in [1.165, 1.54) is 11.1 Å². The molecule has 13 heteroatoms. The summed E-state index contributed by atoms with van der Waals surface area (Å²) in [5.74, 6) is 0.140. The van der Waals surface area contributed by atoms with Crippen molar-refractivity contribution in [1.82, 2.24) is 40.3 Å². The van der Waals surface area contributed by atoms with E-state index in [4.69, 9.17) is 4.52 Å². The van der Waals surface area contributed by atoms with E-state index in [0.717, 1.165) is 83.6 Å². The van der Waals surface area contributed by atoms with Gasteiger partial charge in [0.2, 0.25) is 17.7 Å². The third-order valence-electron chi connectivity index (χ3n) is 11.3. The first kappa shape index (κ1) is 38.7. The largest absolute Gasteiger partial charge is 0.374 e. The molecule has 6 aromatic rings. The molecular formula is C45H49N9O4. The standard InChI is InChI=1S/C45H49N9O4/c1-28-23-33(9-10-34(28)25-46-43(57)41-51-44(58-52-41)45(2,3)4)40-38-24-35(26-54(38)48-27-47-40)31-7-5-29(6-8-31)17-20-53-21-18-32(19-22-53)30-11-13-36(14-12-30)49-37-15-16-39(55)50-42(37)56/h5-14,23-24,26-27,32,37,49H,15-22,25H2,1-4H3,(H,46,57)(H,50,55,56)/t37-/m0/s1. The summed E-state index contributed by atoms with van der Waals surface area (Å²) in [5.41, 5.74) is 10.1. The molecule has 8 rings (SSSR count). The fourth-order valence-electron chi connectivity index (χ4n) is 7.75. The van der Waals surface area contributed by atoms with Gasteiger partial charge in [0.05, 0.1) is 11.2 Å². The van der Waals surface area contributed by atoms with Crippen LogP contribution >= 0.6 is 0 Å². The molecule has 0 radical (unpaired) electrons. The summed E-state index contributed by atoms with van der Waals surface area (Å²) in [7, 11) is 0. The zero-order valence-corrected chi connectivity index (χ0v) is 33.4. The number of likely N-dealkylation sites (tertiary alicyclic amines) is 1. The van der Waals surface area contributed by atoms with E-state index in [9.17, 15) is 14.4 Å². The number of imide groups is 1. The quantitative estimate of drug-likeness (QED) is 0.122. The Morgan fingerprint density at radius 1 is 0.931 bits per heavy atom. The number of nitrogens with zero attached hydrogens (tertiary/aromatic N) is 6. The van der Waals surface area contributed by atoms with Gasteiger partial charge in [-0.25, -0.2) is 9.50 Å². The van der Waals surface area contributed by atoms with Gasteiger partial charge in [-0.15, -0.1) is 0 Å². The van der Waals surface area contributed by atoms with Gasteiger partial charge >= 0.3 is 0 Å². The minimum absolute atomic E-state index is 0.0262. The normalized spacial score (nSPS) is 16.7. The molecule has 3 N–H and O–H groups in total. The van der Waals surface area contributed by atoms with Gasteiger partial charge < -0.3 is 20.1 Å². The zero-order valence-electron chi connectivity index (χ0n) is 33.4. The van der Waals surface area contributed by atoms with Crippen LogP contribution in [-0.2, 0) is 28.0 Å². The lowest BCUT2D eigenvalue weighted by molar-refractivity contribution is -0.133. The van der Waals surface area contributed by atoms with Gasteiger partial charge in [-0.3, -0.25) is 19.7 Å². The molecule has 13 nitrogen and oxygen atoms in total. The van der Waals surface area contributed by atoms with Crippen molar-refractivity contribution in [2.75, 3.05) is 25.0 Å². The Labute approximate surface area is 337 Å². The maximum Gasteiger partial charge on any atom is 0.292 e.